The van der Waals surface area contributed by atoms with Crippen LogP contribution in [0.4, 0.5) is 5.69 Å². The zero-order chi connectivity index (χ0) is 21.3. The standard InChI is InChI=1S/C23H18Cl2N2O3/c1-2-26(16-7-4-3-5-8-16)21-20(18-11-10-15(24)13-19(18)25)22(28)27(23(21)29)14-17-9-6-12-30-17/h3-13H,2,14H2,1H3. The number of nitrogens with zero attached hydrogens (tertiary/aromatic N) is 2. The van der Waals surface area contributed by atoms with Gasteiger partial charge in [0.1, 0.15) is 11.5 Å². The van der Waals surface area contributed by atoms with E-state index in [1.165, 1.54) is 11.2 Å². The fourth-order valence-electron chi connectivity index (χ4n) is 3.53. The van der Waals surface area contributed by atoms with Crippen molar-refractivity contribution in [2.45, 2.75) is 13.5 Å². The summed E-state index contributed by atoms with van der Waals surface area (Å²) in [5.41, 5.74) is 1.80. The van der Waals surface area contributed by atoms with Gasteiger partial charge in [0.25, 0.3) is 11.8 Å². The minimum Gasteiger partial charge on any atom is -0.467 e. The molecule has 0 radical (unpaired) electrons. The Kier molecular flexibility index (Phi) is 5.66. The number of para-hydroxylation sites is 1. The molecule has 0 aliphatic carbocycles. The Hall–Kier alpha value is -3.02. The smallest absolute Gasteiger partial charge is 0.278 e. The molecule has 5 nitrogen and oxygen atoms in total. The first-order chi connectivity index (χ1) is 14.5. The van der Waals surface area contributed by atoms with Gasteiger partial charge in [-0.15, -0.1) is 0 Å². The summed E-state index contributed by atoms with van der Waals surface area (Å²) in [5.74, 6) is -0.310. The molecule has 3 aromatic rings. The number of furan rings is 1. The van der Waals surface area contributed by atoms with E-state index in [-0.39, 0.29) is 17.8 Å². The Morgan fingerprint density at radius 1 is 0.967 bits per heavy atom. The van der Waals surface area contributed by atoms with E-state index >= 15 is 0 Å². The van der Waals surface area contributed by atoms with Crippen molar-refractivity contribution >= 4 is 46.3 Å². The molecule has 2 aromatic carbocycles. The molecule has 0 atom stereocenters. The van der Waals surface area contributed by atoms with Gasteiger partial charge in [0.15, 0.2) is 0 Å². The van der Waals surface area contributed by atoms with Crippen molar-refractivity contribution in [1.29, 1.82) is 0 Å². The van der Waals surface area contributed by atoms with E-state index in [2.05, 4.69) is 0 Å². The molecule has 0 N–H and O–H groups in total. The summed E-state index contributed by atoms with van der Waals surface area (Å²) in [6, 6.07) is 17.8. The number of rotatable bonds is 6. The van der Waals surface area contributed by atoms with Crippen molar-refractivity contribution in [3.05, 3.63) is 94.0 Å². The predicted octanol–water partition coefficient (Wildman–Crippen LogP) is 5.39. The van der Waals surface area contributed by atoms with E-state index in [0.29, 0.717) is 27.9 Å². The van der Waals surface area contributed by atoms with E-state index in [0.717, 1.165) is 5.69 Å². The Bertz CT molecular complexity index is 1120. The van der Waals surface area contributed by atoms with Crippen molar-refractivity contribution in [1.82, 2.24) is 4.90 Å². The van der Waals surface area contributed by atoms with Crippen LogP contribution in [0.2, 0.25) is 10.0 Å². The second-order valence-electron chi connectivity index (χ2n) is 6.70. The Labute approximate surface area is 184 Å². The normalized spacial score (nSPS) is 14.0. The van der Waals surface area contributed by atoms with E-state index in [9.17, 15) is 9.59 Å². The number of imide groups is 1. The number of carbonyl (C=O) groups excluding carboxylic acids is 2. The van der Waals surface area contributed by atoms with Gasteiger partial charge in [-0.2, -0.15) is 0 Å². The summed E-state index contributed by atoms with van der Waals surface area (Å²) in [6.45, 7) is 2.45. The first kappa shape index (κ1) is 20.3. The van der Waals surface area contributed by atoms with E-state index in [1.54, 1.807) is 30.3 Å². The van der Waals surface area contributed by atoms with Crippen LogP contribution in [-0.2, 0) is 16.1 Å². The van der Waals surface area contributed by atoms with Gasteiger partial charge in [0.05, 0.1) is 23.4 Å². The molecule has 152 valence electrons. The van der Waals surface area contributed by atoms with Gasteiger partial charge in [-0.25, -0.2) is 0 Å². The molecule has 0 saturated heterocycles. The summed E-state index contributed by atoms with van der Waals surface area (Å²) in [4.78, 5) is 29.9. The van der Waals surface area contributed by atoms with Crippen LogP contribution in [0.3, 0.4) is 0 Å². The second kappa shape index (κ2) is 8.38. The number of benzene rings is 2. The van der Waals surface area contributed by atoms with Crippen molar-refractivity contribution in [2.75, 3.05) is 11.4 Å². The molecule has 1 aliphatic heterocycles. The maximum Gasteiger partial charge on any atom is 0.278 e. The lowest BCUT2D eigenvalue weighted by atomic mass is 10.0. The Balaban J connectivity index is 1.87. The highest BCUT2D eigenvalue weighted by molar-refractivity contribution is 6.41. The second-order valence-corrected chi connectivity index (χ2v) is 7.55. The van der Waals surface area contributed by atoms with Crippen molar-refractivity contribution in [2.24, 2.45) is 0 Å². The number of hydrogen-bond donors (Lipinski definition) is 0. The third-order valence-electron chi connectivity index (χ3n) is 4.89. The van der Waals surface area contributed by atoms with Crippen LogP contribution >= 0.6 is 23.2 Å². The molecule has 0 bridgehead atoms. The van der Waals surface area contributed by atoms with E-state index < -0.39 is 11.8 Å². The van der Waals surface area contributed by atoms with Crippen molar-refractivity contribution in [3.63, 3.8) is 0 Å². The van der Waals surface area contributed by atoms with Gasteiger partial charge < -0.3 is 9.32 Å². The maximum atomic E-state index is 13.5. The number of amides is 2. The third kappa shape index (κ3) is 3.62. The SMILES string of the molecule is CCN(C1=C(c2ccc(Cl)cc2Cl)C(=O)N(Cc2ccco2)C1=O)c1ccccc1. The molecule has 7 heteroatoms. The van der Waals surface area contributed by atoms with Gasteiger partial charge >= 0.3 is 0 Å². The first-order valence-electron chi connectivity index (χ1n) is 9.42. The minimum absolute atomic E-state index is 0.0369. The summed E-state index contributed by atoms with van der Waals surface area (Å²) in [7, 11) is 0. The van der Waals surface area contributed by atoms with Crippen LogP contribution in [0.1, 0.15) is 18.2 Å². The van der Waals surface area contributed by atoms with Gasteiger partial charge in [-0.05, 0) is 43.3 Å². The van der Waals surface area contributed by atoms with Crippen LogP contribution in [0.15, 0.2) is 77.0 Å². The van der Waals surface area contributed by atoms with Gasteiger partial charge in [0, 0.05) is 22.8 Å². The first-order valence-corrected chi connectivity index (χ1v) is 10.2. The zero-order valence-electron chi connectivity index (χ0n) is 16.1. The van der Waals surface area contributed by atoms with E-state index in [4.69, 9.17) is 27.6 Å². The lowest BCUT2D eigenvalue weighted by Crippen LogP contribution is -2.34. The fraction of sp³-hybridized carbons (Fsp3) is 0.130. The molecular weight excluding hydrogens is 423 g/mol. The molecule has 0 fully saturated rings. The molecule has 4 rings (SSSR count). The number of likely N-dealkylation sites (N-methyl/N-ethyl adjacent to an activating group) is 1. The number of carbonyl (C=O) groups is 2. The Morgan fingerprint density at radius 3 is 2.37 bits per heavy atom. The highest BCUT2D eigenvalue weighted by atomic mass is 35.5. The van der Waals surface area contributed by atoms with Crippen LogP contribution in [0.5, 0.6) is 0 Å². The van der Waals surface area contributed by atoms with Crippen LogP contribution in [-0.4, -0.2) is 23.3 Å². The molecular formula is C23H18Cl2N2O3. The summed E-state index contributed by atoms with van der Waals surface area (Å²) >= 11 is 12.5. The Morgan fingerprint density at radius 2 is 1.73 bits per heavy atom. The number of hydrogen-bond acceptors (Lipinski definition) is 4. The molecule has 30 heavy (non-hydrogen) atoms. The highest BCUT2D eigenvalue weighted by Gasteiger charge is 2.42. The molecule has 2 heterocycles. The summed E-state index contributed by atoms with van der Waals surface area (Å²) in [5, 5.41) is 0.755. The topological polar surface area (TPSA) is 53.8 Å². The third-order valence-corrected chi connectivity index (χ3v) is 5.44. The maximum absolute atomic E-state index is 13.5. The lowest BCUT2D eigenvalue weighted by molar-refractivity contribution is -0.137. The highest BCUT2D eigenvalue weighted by Crippen LogP contribution is 2.38. The van der Waals surface area contributed by atoms with Crippen molar-refractivity contribution in [3.8, 4) is 0 Å². The van der Waals surface area contributed by atoms with Gasteiger partial charge in [-0.3, -0.25) is 14.5 Å². The average Bonchev–Trinajstić information content (AvgIpc) is 3.33. The molecule has 2 amide bonds. The molecule has 1 aromatic heterocycles. The average molecular weight is 441 g/mol. The van der Waals surface area contributed by atoms with Gasteiger partial charge in [0.2, 0.25) is 0 Å². The number of anilines is 1. The molecule has 0 unspecified atom stereocenters. The lowest BCUT2D eigenvalue weighted by Gasteiger charge is -2.24. The molecule has 1 aliphatic rings. The van der Waals surface area contributed by atoms with Crippen LogP contribution < -0.4 is 4.90 Å². The quantitative estimate of drug-likeness (QED) is 0.481. The monoisotopic (exact) mass is 440 g/mol. The largest absolute Gasteiger partial charge is 0.467 e. The molecule has 0 spiro atoms. The molecule has 0 saturated carbocycles. The van der Waals surface area contributed by atoms with Crippen LogP contribution in [0.25, 0.3) is 5.57 Å². The van der Waals surface area contributed by atoms with Crippen LogP contribution in [0, 0.1) is 0 Å². The predicted molar refractivity (Wildman–Crippen MR) is 117 cm³/mol. The summed E-state index contributed by atoms with van der Waals surface area (Å²) < 4.78 is 5.36. The van der Waals surface area contributed by atoms with Gasteiger partial charge in [-0.1, -0.05) is 47.5 Å². The zero-order valence-corrected chi connectivity index (χ0v) is 17.7. The minimum atomic E-state index is -0.426. The van der Waals surface area contributed by atoms with Crippen molar-refractivity contribution < 1.29 is 14.0 Å². The number of halogens is 2. The van der Waals surface area contributed by atoms with E-state index in [1.807, 2.05) is 42.2 Å². The fourth-order valence-corrected chi connectivity index (χ4v) is 4.03. The summed E-state index contributed by atoms with van der Waals surface area (Å²) in [6.07, 6.45) is 1.51.